The van der Waals surface area contributed by atoms with Crippen molar-refractivity contribution in [3.63, 3.8) is 0 Å². The maximum Gasteiger partial charge on any atom is 0.261 e. The first-order valence-electron chi connectivity index (χ1n) is 10.1. The van der Waals surface area contributed by atoms with Crippen molar-refractivity contribution in [3.05, 3.63) is 95.8 Å². The number of imidazole rings is 1. The van der Waals surface area contributed by atoms with Gasteiger partial charge in [0, 0.05) is 0 Å². The monoisotopic (exact) mass is 399 g/mol. The zero-order chi connectivity index (χ0) is 20.9. The van der Waals surface area contributed by atoms with E-state index in [9.17, 15) is 4.79 Å². The van der Waals surface area contributed by atoms with Gasteiger partial charge >= 0.3 is 0 Å². The van der Waals surface area contributed by atoms with E-state index in [1.807, 2.05) is 73.7 Å². The van der Waals surface area contributed by atoms with Crippen LogP contribution in [0.15, 0.2) is 78.9 Å². The molecule has 0 bridgehead atoms. The second-order valence-electron chi connectivity index (χ2n) is 7.47. The number of fused-ring (bicyclic) bond motifs is 1. The highest BCUT2D eigenvalue weighted by Crippen LogP contribution is 2.21. The molecule has 3 aromatic carbocycles. The molecule has 5 nitrogen and oxygen atoms in total. The average molecular weight is 399 g/mol. The van der Waals surface area contributed by atoms with Crippen LogP contribution in [0.25, 0.3) is 11.0 Å². The fraction of sp³-hybridized carbons (Fsp3) is 0.200. The number of benzene rings is 3. The van der Waals surface area contributed by atoms with Gasteiger partial charge in [0.15, 0.2) is 6.10 Å². The molecule has 0 unspecified atom stereocenters. The number of aromatic amines is 1. The molecule has 0 saturated carbocycles. The molecule has 4 aromatic rings. The van der Waals surface area contributed by atoms with Gasteiger partial charge in [-0.3, -0.25) is 4.79 Å². The quantitative estimate of drug-likeness (QED) is 0.472. The van der Waals surface area contributed by atoms with E-state index in [4.69, 9.17) is 9.72 Å². The van der Waals surface area contributed by atoms with Crippen molar-refractivity contribution in [1.82, 2.24) is 15.3 Å². The van der Waals surface area contributed by atoms with E-state index < -0.39 is 6.10 Å². The molecule has 4 rings (SSSR count). The number of nitrogens with zero attached hydrogens (tertiary/aromatic N) is 1. The van der Waals surface area contributed by atoms with Crippen molar-refractivity contribution < 1.29 is 9.53 Å². The molecule has 0 aliphatic rings. The van der Waals surface area contributed by atoms with Gasteiger partial charge in [0.1, 0.15) is 11.6 Å². The number of rotatable bonds is 7. The van der Waals surface area contributed by atoms with E-state index in [0.29, 0.717) is 12.2 Å². The third-order valence-electron chi connectivity index (χ3n) is 5.01. The minimum Gasteiger partial charge on any atom is -0.481 e. The summed E-state index contributed by atoms with van der Waals surface area (Å²) in [6, 6.07) is 25.3. The topological polar surface area (TPSA) is 67.0 Å². The number of ether oxygens (including phenoxy) is 1. The summed E-state index contributed by atoms with van der Waals surface area (Å²) in [7, 11) is 0. The lowest BCUT2D eigenvalue weighted by Crippen LogP contribution is -2.39. The lowest BCUT2D eigenvalue weighted by atomic mass is 10.1. The second-order valence-corrected chi connectivity index (χ2v) is 7.47. The van der Waals surface area contributed by atoms with Gasteiger partial charge in [-0.25, -0.2) is 4.98 Å². The van der Waals surface area contributed by atoms with Crippen molar-refractivity contribution in [2.24, 2.45) is 0 Å². The van der Waals surface area contributed by atoms with Crippen LogP contribution < -0.4 is 10.1 Å². The van der Waals surface area contributed by atoms with Gasteiger partial charge in [0.05, 0.1) is 17.1 Å². The van der Waals surface area contributed by atoms with Gasteiger partial charge in [0.2, 0.25) is 0 Å². The number of hydrogen-bond acceptors (Lipinski definition) is 3. The maximum atomic E-state index is 12.9. The van der Waals surface area contributed by atoms with Gasteiger partial charge in [-0.05, 0) is 55.7 Å². The van der Waals surface area contributed by atoms with Crippen molar-refractivity contribution in [2.45, 2.75) is 32.4 Å². The summed E-state index contributed by atoms with van der Waals surface area (Å²) in [5.41, 5.74) is 4.03. The standard InChI is InChI=1S/C25H25N3O2/c1-17-9-8-12-20(15-17)30-18(2)25(29)28-23(16-19-10-4-3-5-11-19)24-26-21-13-6-7-14-22(21)27-24/h3-15,18,23H,16H2,1-2H3,(H,26,27)(H,28,29)/t18-,23-/m0/s1. The second kappa shape index (κ2) is 8.82. The Morgan fingerprint density at radius 3 is 2.57 bits per heavy atom. The number of aromatic nitrogens is 2. The molecule has 5 heteroatoms. The van der Waals surface area contributed by atoms with Gasteiger partial charge < -0.3 is 15.0 Å². The molecule has 30 heavy (non-hydrogen) atoms. The number of nitrogens with one attached hydrogen (secondary N) is 2. The lowest BCUT2D eigenvalue weighted by molar-refractivity contribution is -0.128. The van der Waals surface area contributed by atoms with E-state index in [1.165, 1.54) is 0 Å². The number of amides is 1. The minimum atomic E-state index is -0.630. The zero-order valence-electron chi connectivity index (χ0n) is 17.1. The highest BCUT2D eigenvalue weighted by atomic mass is 16.5. The third-order valence-corrected chi connectivity index (χ3v) is 5.01. The Kier molecular flexibility index (Phi) is 5.80. The summed E-state index contributed by atoms with van der Waals surface area (Å²) >= 11 is 0. The van der Waals surface area contributed by atoms with Gasteiger partial charge in [-0.2, -0.15) is 0 Å². The molecular formula is C25H25N3O2. The Morgan fingerprint density at radius 1 is 1.03 bits per heavy atom. The minimum absolute atomic E-state index is 0.183. The Morgan fingerprint density at radius 2 is 1.80 bits per heavy atom. The number of aryl methyl sites for hydroxylation is 1. The van der Waals surface area contributed by atoms with E-state index >= 15 is 0 Å². The highest BCUT2D eigenvalue weighted by molar-refractivity contribution is 5.81. The molecule has 0 saturated heterocycles. The van der Waals surface area contributed by atoms with Gasteiger partial charge in [-0.1, -0.05) is 54.6 Å². The summed E-state index contributed by atoms with van der Waals surface area (Å²) in [5, 5.41) is 3.12. The number of para-hydroxylation sites is 2. The summed E-state index contributed by atoms with van der Waals surface area (Å²) in [4.78, 5) is 21.0. The number of hydrogen-bond donors (Lipinski definition) is 2. The molecule has 152 valence electrons. The number of H-pyrrole nitrogens is 1. The first-order valence-corrected chi connectivity index (χ1v) is 10.1. The fourth-order valence-electron chi connectivity index (χ4n) is 3.44. The largest absolute Gasteiger partial charge is 0.481 e. The average Bonchev–Trinajstić information content (AvgIpc) is 3.18. The van der Waals surface area contributed by atoms with Gasteiger partial charge in [-0.15, -0.1) is 0 Å². The van der Waals surface area contributed by atoms with Crippen LogP contribution in [0.4, 0.5) is 0 Å². The Bertz CT molecular complexity index is 1100. The zero-order valence-corrected chi connectivity index (χ0v) is 17.1. The molecule has 0 spiro atoms. The van der Waals surface area contributed by atoms with Crippen LogP contribution in [-0.2, 0) is 11.2 Å². The highest BCUT2D eigenvalue weighted by Gasteiger charge is 2.23. The molecule has 1 amide bonds. The predicted molar refractivity (Wildman–Crippen MR) is 118 cm³/mol. The van der Waals surface area contributed by atoms with E-state index in [0.717, 1.165) is 28.0 Å². The number of carbonyl (C=O) groups is 1. The molecule has 1 heterocycles. The SMILES string of the molecule is Cc1cccc(O[C@@H](C)C(=O)N[C@@H](Cc2ccccc2)c2nc3ccccc3[nH]2)c1. The molecule has 2 N–H and O–H groups in total. The molecule has 2 atom stereocenters. The van der Waals surface area contributed by atoms with Crippen LogP contribution in [-0.4, -0.2) is 22.0 Å². The third kappa shape index (κ3) is 4.69. The fourth-order valence-corrected chi connectivity index (χ4v) is 3.44. The molecule has 1 aromatic heterocycles. The van der Waals surface area contributed by atoms with E-state index in [-0.39, 0.29) is 11.9 Å². The summed E-state index contributed by atoms with van der Waals surface area (Å²) < 4.78 is 5.86. The Hall–Kier alpha value is -3.60. The maximum absolute atomic E-state index is 12.9. The van der Waals surface area contributed by atoms with Crippen LogP contribution in [0.3, 0.4) is 0 Å². The van der Waals surface area contributed by atoms with Crippen molar-refractivity contribution >= 4 is 16.9 Å². The Labute approximate surface area is 176 Å². The molecule has 0 radical (unpaired) electrons. The van der Waals surface area contributed by atoms with Crippen molar-refractivity contribution in [1.29, 1.82) is 0 Å². The van der Waals surface area contributed by atoms with Crippen LogP contribution >= 0.6 is 0 Å². The molecule has 0 aliphatic heterocycles. The van der Waals surface area contributed by atoms with Crippen LogP contribution in [0, 0.1) is 6.92 Å². The summed E-state index contributed by atoms with van der Waals surface area (Å²) in [6.07, 6.45) is -0.00160. The summed E-state index contributed by atoms with van der Waals surface area (Å²) in [6.45, 7) is 3.75. The predicted octanol–water partition coefficient (Wildman–Crippen LogP) is 4.74. The first-order chi connectivity index (χ1) is 14.6. The van der Waals surface area contributed by atoms with E-state index in [1.54, 1.807) is 6.92 Å². The molecular weight excluding hydrogens is 374 g/mol. The number of carbonyl (C=O) groups excluding carboxylic acids is 1. The van der Waals surface area contributed by atoms with Crippen molar-refractivity contribution in [3.8, 4) is 5.75 Å². The molecule has 0 fully saturated rings. The summed E-state index contributed by atoms with van der Waals surface area (Å²) in [5.74, 6) is 1.23. The molecule has 0 aliphatic carbocycles. The van der Waals surface area contributed by atoms with Crippen LogP contribution in [0.5, 0.6) is 5.75 Å². The lowest BCUT2D eigenvalue weighted by Gasteiger charge is -2.20. The van der Waals surface area contributed by atoms with Crippen LogP contribution in [0.1, 0.15) is 29.9 Å². The van der Waals surface area contributed by atoms with Crippen LogP contribution in [0.2, 0.25) is 0 Å². The normalized spacial score (nSPS) is 13.0. The smallest absolute Gasteiger partial charge is 0.261 e. The first kappa shape index (κ1) is 19.7. The van der Waals surface area contributed by atoms with Gasteiger partial charge in [0.25, 0.3) is 5.91 Å². The van der Waals surface area contributed by atoms with Crippen molar-refractivity contribution in [2.75, 3.05) is 0 Å². The Balaban J connectivity index is 1.54. The van der Waals surface area contributed by atoms with E-state index in [2.05, 4.69) is 22.4 Å².